The Morgan fingerprint density at radius 2 is 2.17 bits per heavy atom. The van der Waals surface area contributed by atoms with Crippen molar-refractivity contribution in [2.45, 2.75) is 12.5 Å². The van der Waals surface area contributed by atoms with E-state index < -0.39 is 23.6 Å². The van der Waals surface area contributed by atoms with Gasteiger partial charge in [0.05, 0.1) is 0 Å². The van der Waals surface area contributed by atoms with Crippen LogP contribution in [0.4, 0.5) is 8.78 Å². The lowest BCUT2D eigenvalue weighted by atomic mass is 10.1. The molecular formula is C12H16F2N2O2. The minimum atomic E-state index is -1.08. The molecule has 0 amide bonds. The van der Waals surface area contributed by atoms with Crippen molar-refractivity contribution < 1.29 is 18.7 Å². The molecule has 1 aromatic rings. The molecule has 0 spiro atoms. The summed E-state index contributed by atoms with van der Waals surface area (Å²) in [7, 11) is 1.68. The van der Waals surface area contributed by atoms with E-state index in [9.17, 15) is 13.6 Å². The molecule has 0 aliphatic rings. The van der Waals surface area contributed by atoms with E-state index in [0.717, 1.165) is 18.2 Å². The molecule has 0 aliphatic carbocycles. The van der Waals surface area contributed by atoms with Gasteiger partial charge in [-0.25, -0.2) is 8.78 Å². The summed E-state index contributed by atoms with van der Waals surface area (Å²) in [5, 5.41) is 8.64. The second-order valence-electron chi connectivity index (χ2n) is 4.19. The van der Waals surface area contributed by atoms with Gasteiger partial charge in [0.15, 0.2) is 0 Å². The minimum Gasteiger partial charge on any atom is -0.480 e. The lowest BCUT2D eigenvalue weighted by Gasteiger charge is -2.18. The largest absolute Gasteiger partial charge is 0.480 e. The lowest BCUT2D eigenvalue weighted by Crippen LogP contribution is -2.41. The highest BCUT2D eigenvalue weighted by atomic mass is 19.1. The highest BCUT2D eigenvalue weighted by Crippen LogP contribution is 2.10. The van der Waals surface area contributed by atoms with Crippen LogP contribution in [0.2, 0.25) is 0 Å². The zero-order chi connectivity index (χ0) is 13.7. The predicted molar refractivity (Wildman–Crippen MR) is 63.2 cm³/mol. The second kappa shape index (κ2) is 6.42. The highest BCUT2D eigenvalue weighted by Gasteiger charge is 2.14. The molecule has 1 atom stereocenters. The van der Waals surface area contributed by atoms with E-state index in [1.807, 2.05) is 0 Å². The molecule has 0 bridgehead atoms. The summed E-state index contributed by atoms with van der Waals surface area (Å²) < 4.78 is 26.2. The average molecular weight is 258 g/mol. The van der Waals surface area contributed by atoms with Crippen LogP contribution in [0.3, 0.4) is 0 Å². The zero-order valence-corrected chi connectivity index (χ0v) is 10.1. The third-order valence-electron chi connectivity index (χ3n) is 2.60. The molecule has 6 heteroatoms. The summed E-state index contributed by atoms with van der Waals surface area (Å²) in [5.74, 6) is -2.04. The van der Waals surface area contributed by atoms with Crippen LogP contribution in [0, 0.1) is 11.6 Å². The molecule has 0 aliphatic heterocycles. The SMILES string of the molecule is CN(CCc1cc(F)ccc1F)CC(N)C(=O)O. The monoisotopic (exact) mass is 258 g/mol. The number of nitrogens with two attached hydrogens (primary N) is 1. The van der Waals surface area contributed by atoms with Crippen LogP contribution < -0.4 is 5.73 Å². The van der Waals surface area contributed by atoms with Crippen molar-refractivity contribution in [3.63, 3.8) is 0 Å². The standard InChI is InChI=1S/C12H16F2N2O2/c1-16(7-11(15)12(17)18)5-4-8-6-9(13)2-3-10(8)14/h2-3,6,11H,4-5,7,15H2,1H3,(H,17,18). The van der Waals surface area contributed by atoms with E-state index in [2.05, 4.69) is 0 Å². The maximum atomic E-state index is 13.3. The van der Waals surface area contributed by atoms with Gasteiger partial charge in [-0.05, 0) is 37.2 Å². The molecule has 0 radical (unpaired) electrons. The number of carboxylic acid groups (broad SMARTS) is 1. The van der Waals surface area contributed by atoms with Crippen molar-refractivity contribution in [1.82, 2.24) is 4.90 Å². The van der Waals surface area contributed by atoms with Gasteiger partial charge >= 0.3 is 5.97 Å². The number of likely N-dealkylation sites (N-methyl/N-ethyl adjacent to an activating group) is 1. The third-order valence-corrected chi connectivity index (χ3v) is 2.60. The molecule has 0 fully saturated rings. The van der Waals surface area contributed by atoms with Crippen molar-refractivity contribution >= 4 is 5.97 Å². The molecule has 0 heterocycles. The van der Waals surface area contributed by atoms with Crippen molar-refractivity contribution in [1.29, 1.82) is 0 Å². The second-order valence-corrected chi connectivity index (χ2v) is 4.19. The zero-order valence-electron chi connectivity index (χ0n) is 10.1. The smallest absolute Gasteiger partial charge is 0.321 e. The molecule has 0 saturated heterocycles. The van der Waals surface area contributed by atoms with E-state index in [0.29, 0.717) is 13.0 Å². The average Bonchev–Trinajstić information content (AvgIpc) is 2.30. The third kappa shape index (κ3) is 4.38. The molecule has 18 heavy (non-hydrogen) atoms. The van der Waals surface area contributed by atoms with Gasteiger partial charge in [-0.15, -0.1) is 0 Å². The van der Waals surface area contributed by atoms with E-state index in [1.54, 1.807) is 11.9 Å². The molecule has 0 aromatic heterocycles. The summed E-state index contributed by atoms with van der Waals surface area (Å²) in [6, 6.07) is 2.30. The fourth-order valence-corrected chi connectivity index (χ4v) is 1.55. The maximum Gasteiger partial charge on any atom is 0.321 e. The molecule has 3 N–H and O–H groups in total. The number of halogens is 2. The van der Waals surface area contributed by atoms with Crippen LogP contribution in [0.1, 0.15) is 5.56 Å². The first-order valence-corrected chi connectivity index (χ1v) is 5.51. The fourth-order valence-electron chi connectivity index (χ4n) is 1.55. The highest BCUT2D eigenvalue weighted by molar-refractivity contribution is 5.73. The van der Waals surface area contributed by atoms with E-state index >= 15 is 0 Å². The first kappa shape index (κ1) is 14.5. The normalized spacial score (nSPS) is 12.7. The molecule has 100 valence electrons. The van der Waals surface area contributed by atoms with E-state index in [1.165, 1.54) is 0 Å². The van der Waals surface area contributed by atoms with E-state index in [4.69, 9.17) is 10.8 Å². The summed E-state index contributed by atoms with van der Waals surface area (Å²) in [5.41, 5.74) is 5.63. The Balaban J connectivity index is 2.49. The van der Waals surface area contributed by atoms with Gasteiger partial charge in [-0.2, -0.15) is 0 Å². The summed E-state index contributed by atoms with van der Waals surface area (Å²) in [6.45, 7) is 0.563. The van der Waals surface area contributed by atoms with Crippen molar-refractivity contribution in [2.75, 3.05) is 20.1 Å². The first-order chi connectivity index (χ1) is 8.40. The van der Waals surface area contributed by atoms with Gasteiger partial charge in [0.25, 0.3) is 0 Å². The van der Waals surface area contributed by atoms with E-state index in [-0.39, 0.29) is 12.1 Å². The maximum absolute atomic E-state index is 13.3. The topological polar surface area (TPSA) is 66.6 Å². The predicted octanol–water partition coefficient (Wildman–Crippen LogP) is 0.851. The number of aliphatic carboxylic acids is 1. The van der Waals surface area contributed by atoms with Crippen LogP contribution in [0.15, 0.2) is 18.2 Å². The Morgan fingerprint density at radius 1 is 1.50 bits per heavy atom. The van der Waals surface area contributed by atoms with Crippen LogP contribution in [0.5, 0.6) is 0 Å². The van der Waals surface area contributed by atoms with Crippen molar-refractivity contribution in [3.8, 4) is 0 Å². The first-order valence-electron chi connectivity index (χ1n) is 5.51. The van der Waals surface area contributed by atoms with Crippen LogP contribution in [0.25, 0.3) is 0 Å². The Morgan fingerprint density at radius 3 is 2.78 bits per heavy atom. The summed E-state index contributed by atoms with van der Waals surface area (Å²) in [4.78, 5) is 12.2. The molecule has 1 unspecified atom stereocenters. The number of carbonyl (C=O) groups is 1. The number of rotatable bonds is 6. The summed E-state index contributed by atoms with van der Waals surface area (Å²) >= 11 is 0. The molecule has 0 saturated carbocycles. The van der Waals surface area contributed by atoms with Crippen LogP contribution >= 0.6 is 0 Å². The van der Waals surface area contributed by atoms with Gasteiger partial charge in [0.1, 0.15) is 17.7 Å². The van der Waals surface area contributed by atoms with Crippen LogP contribution in [-0.4, -0.2) is 42.2 Å². The van der Waals surface area contributed by atoms with Crippen molar-refractivity contribution in [2.24, 2.45) is 5.73 Å². The van der Waals surface area contributed by atoms with Gasteiger partial charge < -0.3 is 15.7 Å². The molecule has 4 nitrogen and oxygen atoms in total. The fraction of sp³-hybridized carbons (Fsp3) is 0.417. The number of nitrogens with zero attached hydrogens (tertiary/aromatic N) is 1. The Labute approximate surface area is 104 Å². The van der Waals surface area contributed by atoms with Crippen LogP contribution in [-0.2, 0) is 11.2 Å². The Bertz CT molecular complexity index is 427. The Hall–Kier alpha value is -1.53. The molecular weight excluding hydrogens is 242 g/mol. The minimum absolute atomic E-state index is 0.159. The number of benzene rings is 1. The van der Waals surface area contributed by atoms with Gasteiger partial charge in [-0.1, -0.05) is 0 Å². The molecule has 1 rings (SSSR count). The Kier molecular flexibility index (Phi) is 5.18. The molecule has 1 aromatic carbocycles. The van der Waals surface area contributed by atoms with Crippen molar-refractivity contribution in [3.05, 3.63) is 35.4 Å². The number of carboxylic acids is 1. The quantitative estimate of drug-likeness (QED) is 0.794. The van der Waals surface area contributed by atoms with Gasteiger partial charge in [0.2, 0.25) is 0 Å². The number of hydrogen-bond acceptors (Lipinski definition) is 3. The van der Waals surface area contributed by atoms with Gasteiger partial charge in [-0.3, -0.25) is 4.79 Å². The summed E-state index contributed by atoms with van der Waals surface area (Å²) in [6.07, 6.45) is 0.298. The lowest BCUT2D eigenvalue weighted by molar-refractivity contribution is -0.138. The number of hydrogen-bond donors (Lipinski definition) is 2. The van der Waals surface area contributed by atoms with Gasteiger partial charge in [0, 0.05) is 13.1 Å².